The predicted molar refractivity (Wildman–Crippen MR) is 62.3 cm³/mol. The van der Waals surface area contributed by atoms with Crippen molar-refractivity contribution in [2.45, 2.75) is 19.8 Å². The second-order valence-electron chi connectivity index (χ2n) is 4.75. The number of rotatable bonds is 1. The fraction of sp³-hybridized carbons (Fsp3) is 0.462. The average molecular weight is 255 g/mol. The zero-order valence-corrected chi connectivity index (χ0v) is 10.1. The zero-order chi connectivity index (χ0) is 13.3. The van der Waals surface area contributed by atoms with E-state index >= 15 is 0 Å². The smallest absolute Gasteiger partial charge is 0.259 e. The van der Waals surface area contributed by atoms with Gasteiger partial charge in [0, 0.05) is 13.1 Å². The van der Waals surface area contributed by atoms with Crippen LogP contribution < -0.4 is 0 Å². The lowest BCUT2D eigenvalue weighted by molar-refractivity contribution is 0.0672. The van der Waals surface area contributed by atoms with E-state index in [1.165, 1.54) is 4.90 Å². The lowest BCUT2D eigenvalue weighted by Gasteiger charge is -2.31. The van der Waals surface area contributed by atoms with Crippen LogP contribution in [0.25, 0.3) is 0 Å². The molecule has 1 aliphatic rings. The van der Waals surface area contributed by atoms with Crippen molar-refractivity contribution < 1.29 is 18.7 Å². The van der Waals surface area contributed by atoms with Crippen LogP contribution in [0.4, 0.5) is 8.78 Å². The minimum Gasteiger partial charge on any atom is -0.505 e. The highest BCUT2D eigenvalue weighted by Gasteiger charge is 2.27. The molecule has 1 aromatic carbocycles. The maximum atomic E-state index is 13.6. The Labute approximate surface area is 104 Å². The SMILES string of the molecule is CC1CCCN(C(=O)c2c(F)ccc(O)c2F)C1. The molecule has 1 amide bonds. The third-order valence-electron chi connectivity index (χ3n) is 3.23. The molecule has 1 aliphatic heterocycles. The Morgan fingerprint density at radius 1 is 1.44 bits per heavy atom. The van der Waals surface area contributed by atoms with Gasteiger partial charge in [-0.25, -0.2) is 8.78 Å². The van der Waals surface area contributed by atoms with E-state index in [2.05, 4.69) is 0 Å². The maximum absolute atomic E-state index is 13.6. The zero-order valence-electron chi connectivity index (χ0n) is 10.1. The highest BCUT2D eigenvalue weighted by molar-refractivity contribution is 5.95. The molecule has 5 heteroatoms. The summed E-state index contributed by atoms with van der Waals surface area (Å²) in [5.41, 5.74) is -0.663. The van der Waals surface area contributed by atoms with Crippen molar-refractivity contribution in [3.63, 3.8) is 0 Å². The van der Waals surface area contributed by atoms with E-state index in [-0.39, 0.29) is 0 Å². The van der Waals surface area contributed by atoms with Crippen molar-refractivity contribution in [3.8, 4) is 5.75 Å². The van der Waals surface area contributed by atoms with Crippen LogP contribution in [0.1, 0.15) is 30.1 Å². The topological polar surface area (TPSA) is 40.5 Å². The van der Waals surface area contributed by atoms with E-state index in [0.717, 1.165) is 25.0 Å². The third-order valence-corrected chi connectivity index (χ3v) is 3.23. The summed E-state index contributed by atoms with van der Waals surface area (Å²) in [5.74, 6) is -3.19. The van der Waals surface area contributed by atoms with Gasteiger partial charge in [-0.1, -0.05) is 6.92 Å². The van der Waals surface area contributed by atoms with Gasteiger partial charge in [-0.2, -0.15) is 0 Å². The summed E-state index contributed by atoms with van der Waals surface area (Å²) in [4.78, 5) is 13.5. The highest BCUT2D eigenvalue weighted by atomic mass is 19.1. The monoisotopic (exact) mass is 255 g/mol. The Hall–Kier alpha value is -1.65. The van der Waals surface area contributed by atoms with Crippen LogP contribution in [-0.2, 0) is 0 Å². The molecule has 1 N–H and O–H groups in total. The molecule has 1 heterocycles. The molecule has 0 aliphatic carbocycles. The molecule has 2 rings (SSSR count). The first kappa shape index (κ1) is 12.8. The summed E-state index contributed by atoms with van der Waals surface area (Å²) >= 11 is 0. The minimum absolute atomic E-state index is 0.325. The van der Waals surface area contributed by atoms with Crippen LogP contribution in [-0.4, -0.2) is 29.0 Å². The Balaban J connectivity index is 2.31. The number of amides is 1. The van der Waals surface area contributed by atoms with E-state index in [1.807, 2.05) is 6.92 Å². The van der Waals surface area contributed by atoms with Crippen molar-refractivity contribution in [1.29, 1.82) is 0 Å². The predicted octanol–water partition coefficient (Wildman–Crippen LogP) is 2.54. The van der Waals surface area contributed by atoms with E-state index in [9.17, 15) is 18.7 Å². The lowest BCUT2D eigenvalue weighted by Crippen LogP contribution is -2.39. The van der Waals surface area contributed by atoms with E-state index in [1.54, 1.807) is 0 Å². The Kier molecular flexibility index (Phi) is 3.50. The van der Waals surface area contributed by atoms with Gasteiger partial charge < -0.3 is 10.0 Å². The number of aromatic hydroxyl groups is 1. The molecular weight excluding hydrogens is 240 g/mol. The number of hydrogen-bond donors (Lipinski definition) is 1. The second-order valence-corrected chi connectivity index (χ2v) is 4.75. The van der Waals surface area contributed by atoms with Crippen LogP contribution in [0, 0.1) is 17.6 Å². The number of likely N-dealkylation sites (tertiary alicyclic amines) is 1. The summed E-state index contributed by atoms with van der Waals surface area (Å²) in [5, 5.41) is 9.21. The first-order chi connectivity index (χ1) is 8.50. The third kappa shape index (κ3) is 2.30. The number of benzene rings is 1. The molecule has 3 nitrogen and oxygen atoms in total. The number of nitrogens with zero attached hydrogens (tertiary/aromatic N) is 1. The molecule has 1 unspecified atom stereocenters. The first-order valence-corrected chi connectivity index (χ1v) is 5.97. The molecule has 1 aromatic rings. The molecule has 1 fully saturated rings. The number of hydrogen-bond acceptors (Lipinski definition) is 2. The molecule has 1 saturated heterocycles. The maximum Gasteiger partial charge on any atom is 0.259 e. The standard InChI is InChI=1S/C13H15F2NO2/c1-8-3-2-6-16(7-8)13(18)11-9(14)4-5-10(17)12(11)15/h4-5,8,17H,2-3,6-7H2,1H3. The van der Waals surface area contributed by atoms with Crippen LogP contribution in [0.2, 0.25) is 0 Å². The number of carbonyl (C=O) groups is 1. The summed E-state index contributed by atoms with van der Waals surface area (Å²) in [7, 11) is 0. The van der Waals surface area contributed by atoms with Crippen molar-refractivity contribution >= 4 is 5.91 Å². The molecule has 98 valence electrons. The van der Waals surface area contributed by atoms with Gasteiger partial charge in [0.2, 0.25) is 0 Å². The largest absolute Gasteiger partial charge is 0.505 e. The van der Waals surface area contributed by atoms with Crippen LogP contribution in [0.15, 0.2) is 12.1 Å². The van der Waals surface area contributed by atoms with Gasteiger partial charge in [0.1, 0.15) is 11.4 Å². The normalized spacial score (nSPS) is 19.9. The van der Waals surface area contributed by atoms with Gasteiger partial charge in [0.25, 0.3) is 5.91 Å². The summed E-state index contributed by atoms with van der Waals surface area (Å²) < 4.78 is 27.2. The Morgan fingerprint density at radius 3 is 2.83 bits per heavy atom. The molecule has 18 heavy (non-hydrogen) atoms. The number of phenols is 1. The first-order valence-electron chi connectivity index (χ1n) is 5.97. The quantitative estimate of drug-likeness (QED) is 0.837. The van der Waals surface area contributed by atoms with Crippen LogP contribution in [0.5, 0.6) is 5.75 Å². The Bertz CT molecular complexity index is 476. The van der Waals surface area contributed by atoms with E-state index < -0.39 is 28.9 Å². The summed E-state index contributed by atoms with van der Waals surface area (Å²) in [6.07, 6.45) is 1.84. The van der Waals surface area contributed by atoms with Crippen molar-refractivity contribution in [3.05, 3.63) is 29.3 Å². The van der Waals surface area contributed by atoms with Gasteiger partial charge in [0.05, 0.1) is 0 Å². The lowest BCUT2D eigenvalue weighted by atomic mass is 9.99. The van der Waals surface area contributed by atoms with Crippen molar-refractivity contribution in [1.82, 2.24) is 4.90 Å². The molecule has 0 saturated carbocycles. The molecule has 0 radical (unpaired) electrons. The Morgan fingerprint density at radius 2 is 2.17 bits per heavy atom. The van der Waals surface area contributed by atoms with Crippen molar-refractivity contribution in [2.75, 3.05) is 13.1 Å². The van der Waals surface area contributed by atoms with Crippen LogP contribution >= 0.6 is 0 Å². The van der Waals surface area contributed by atoms with Gasteiger partial charge in [0.15, 0.2) is 11.6 Å². The second kappa shape index (κ2) is 4.92. The molecule has 0 spiro atoms. The van der Waals surface area contributed by atoms with Gasteiger partial charge in [-0.05, 0) is 30.9 Å². The molecular formula is C13H15F2NO2. The average Bonchev–Trinajstić information content (AvgIpc) is 2.34. The molecule has 0 bridgehead atoms. The fourth-order valence-corrected chi connectivity index (χ4v) is 2.27. The van der Waals surface area contributed by atoms with E-state index in [0.29, 0.717) is 19.0 Å². The van der Waals surface area contributed by atoms with Crippen LogP contribution in [0.3, 0.4) is 0 Å². The number of piperidine rings is 1. The number of halogens is 2. The van der Waals surface area contributed by atoms with Gasteiger partial charge in [-0.15, -0.1) is 0 Å². The summed E-state index contributed by atoms with van der Waals surface area (Å²) in [6, 6.07) is 1.80. The van der Waals surface area contributed by atoms with Crippen molar-refractivity contribution in [2.24, 2.45) is 5.92 Å². The molecule has 1 atom stereocenters. The number of phenolic OH excluding ortho intramolecular Hbond substituents is 1. The van der Waals surface area contributed by atoms with Gasteiger partial charge >= 0.3 is 0 Å². The highest BCUT2D eigenvalue weighted by Crippen LogP contribution is 2.25. The van der Waals surface area contributed by atoms with E-state index in [4.69, 9.17) is 0 Å². The fourth-order valence-electron chi connectivity index (χ4n) is 2.27. The molecule has 0 aromatic heterocycles. The minimum atomic E-state index is -1.18. The number of carbonyl (C=O) groups excluding carboxylic acids is 1. The summed E-state index contributed by atoms with van der Waals surface area (Å²) in [6.45, 7) is 2.99. The van der Waals surface area contributed by atoms with Gasteiger partial charge in [-0.3, -0.25) is 4.79 Å².